The number of benzene rings is 1. The topological polar surface area (TPSA) is 41.6 Å². The van der Waals surface area contributed by atoms with Crippen LogP contribution in [0.3, 0.4) is 0 Å². The Bertz CT molecular complexity index is 509. The predicted molar refractivity (Wildman–Crippen MR) is 99.7 cm³/mol. The second-order valence-corrected chi connectivity index (χ2v) is 6.85. The van der Waals surface area contributed by atoms with Crippen LogP contribution in [-0.4, -0.2) is 44.1 Å². The zero-order chi connectivity index (χ0) is 15.9. The highest BCUT2D eigenvalue weighted by Crippen LogP contribution is 2.28. The molecule has 0 radical (unpaired) electrons. The Kier molecular flexibility index (Phi) is 9.29. The Labute approximate surface area is 157 Å². The molecular weight excluding hydrogens is 403 g/mol. The van der Waals surface area contributed by atoms with Crippen molar-refractivity contribution in [3.8, 4) is 5.75 Å². The van der Waals surface area contributed by atoms with E-state index < -0.39 is 0 Å². The molecule has 1 fully saturated rings. The number of ether oxygens (including phenoxy) is 1. The fourth-order valence-electron chi connectivity index (χ4n) is 2.67. The summed E-state index contributed by atoms with van der Waals surface area (Å²) >= 11 is 9.29. The third-order valence-corrected chi connectivity index (χ3v) is 4.78. The average Bonchev–Trinajstić information content (AvgIpc) is 2.50. The van der Waals surface area contributed by atoms with Gasteiger partial charge in [0, 0.05) is 18.1 Å². The highest BCUT2D eigenvalue weighted by atomic mass is 79.9. The normalized spacial score (nSPS) is 15.2. The lowest BCUT2D eigenvalue weighted by Gasteiger charge is -2.32. The molecule has 23 heavy (non-hydrogen) atoms. The van der Waals surface area contributed by atoms with E-state index in [0.717, 1.165) is 36.9 Å². The van der Waals surface area contributed by atoms with Crippen molar-refractivity contribution in [2.45, 2.75) is 19.3 Å². The van der Waals surface area contributed by atoms with Crippen molar-refractivity contribution in [1.29, 1.82) is 0 Å². The monoisotopic (exact) mass is 424 g/mol. The number of piperidine rings is 1. The molecule has 1 heterocycles. The van der Waals surface area contributed by atoms with Gasteiger partial charge in [-0.25, -0.2) is 0 Å². The van der Waals surface area contributed by atoms with Crippen molar-refractivity contribution in [3.63, 3.8) is 0 Å². The molecule has 1 aliphatic rings. The van der Waals surface area contributed by atoms with E-state index in [1.54, 1.807) is 18.2 Å². The van der Waals surface area contributed by atoms with Crippen molar-refractivity contribution in [2.75, 3.05) is 33.3 Å². The first-order valence-corrected chi connectivity index (χ1v) is 8.77. The minimum atomic E-state index is 0. The molecule has 1 amide bonds. The second-order valence-electron chi connectivity index (χ2n) is 5.56. The number of rotatable bonds is 6. The van der Waals surface area contributed by atoms with Crippen LogP contribution in [0.15, 0.2) is 22.7 Å². The summed E-state index contributed by atoms with van der Waals surface area (Å²) in [5.41, 5.74) is 0. The number of hydrogen-bond acceptors (Lipinski definition) is 3. The van der Waals surface area contributed by atoms with E-state index >= 15 is 0 Å². The predicted octanol–water partition coefficient (Wildman–Crippen LogP) is 3.75. The minimum absolute atomic E-state index is 0. The van der Waals surface area contributed by atoms with Crippen LogP contribution < -0.4 is 10.1 Å². The van der Waals surface area contributed by atoms with Gasteiger partial charge in [0.15, 0.2) is 0 Å². The van der Waals surface area contributed by atoms with Gasteiger partial charge < -0.3 is 15.0 Å². The summed E-state index contributed by atoms with van der Waals surface area (Å²) in [6.07, 6.45) is 2.57. The minimum Gasteiger partial charge on any atom is -0.492 e. The quantitative estimate of drug-likeness (QED) is 0.754. The van der Waals surface area contributed by atoms with Crippen LogP contribution in [0.4, 0.5) is 0 Å². The van der Waals surface area contributed by atoms with E-state index in [9.17, 15) is 4.79 Å². The van der Waals surface area contributed by atoms with E-state index in [1.165, 1.54) is 0 Å². The molecule has 1 N–H and O–H groups in total. The standard InChI is InChI=1S/C16H22BrClN2O2.ClH/c1-19-11-12-4-7-20(8-5-12)16(21)6-9-22-15-3-2-13(18)10-14(15)17;/h2-3,10,12,19H,4-9,11H2,1H3;1H. The van der Waals surface area contributed by atoms with E-state index in [4.69, 9.17) is 16.3 Å². The van der Waals surface area contributed by atoms with E-state index in [2.05, 4.69) is 21.2 Å². The van der Waals surface area contributed by atoms with Crippen LogP contribution in [0.25, 0.3) is 0 Å². The lowest BCUT2D eigenvalue weighted by molar-refractivity contribution is -0.133. The highest BCUT2D eigenvalue weighted by molar-refractivity contribution is 9.10. The molecule has 0 aromatic heterocycles. The summed E-state index contributed by atoms with van der Waals surface area (Å²) in [4.78, 5) is 14.1. The fourth-order valence-corrected chi connectivity index (χ4v) is 3.47. The Morgan fingerprint density at radius 2 is 2.13 bits per heavy atom. The number of halogens is 3. The number of nitrogens with zero attached hydrogens (tertiary/aromatic N) is 1. The first-order chi connectivity index (χ1) is 10.6. The zero-order valence-electron chi connectivity index (χ0n) is 13.2. The molecule has 0 aliphatic carbocycles. The highest BCUT2D eigenvalue weighted by Gasteiger charge is 2.22. The summed E-state index contributed by atoms with van der Waals surface area (Å²) < 4.78 is 6.46. The molecule has 0 bridgehead atoms. The van der Waals surface area contributed by atoms with Gasteiger partial charge in [0.25, 0.3) is 0 Å². The lowest BCUT2D eigenvalue weighted by atomic mass is 9.97. The van der Waals surface area contributed by atoms with Crippen molar-refractivity contribution in [2.24, 2.45) is 5.92 Å². The largest absolute Gasteiger partial charge is 0.492 e. The smallest absolute Gasteiger partial charge is 0.225 e. The van der Waals surface area contributed by atoms with Crippen LogP contribution in [0.1, 0.15) is 19.3 Å². The first kappa shape index (κ1) is 20.6. The molecule has 1 aromatic carbocycles. The third-order valence-electron chi connectivity index (χ3n) is 3.93. The Morgan fingerprint density at radius 3 is 2.74 bits per heavy atom. The number of amides is 1. The SMILES string of the molecule is CNCC1CCN(C(=O)CCOc2ccc(Cl)cc2Br)CC1.Cl. The summed E-state index contributed by atoms with van der Waals surface area (Å²) in [6.45, 7) is 3.14. The molecule has 0 unspecified atom stereocenters. The maximum Gasteiger partial charge on any atom is 0.225 e. The van der Waals surface area contributed by atoms with Gasteiger partial charge in [-0.1, -0.05) is 11.6 Å². The van der Waals surface area contributed by atoms with Crippen molar-refractivity contribution < 1.29 is 9.53 Å². The fraction of sp³-hybridized carbons (Fsp3) is 0.562. The molecular formula is C16H23BrCl2N2O2. The Hall–Kier alpha value is -0.490. The summed E-state index contributed by atoms with van der Waals surface area (Å²) in [6, 6.07) is 5.36. The van der Waals surface area contributed by atoms with Gasteiger partial charge >= 0.3 is 0 Å². The summed E-state index contributed by atoms with van der Waals surface area (Å²) in [7, 11) is 1.98. The molecule has 0 atom stereocenters. The van der Waals surface area contributed by atoms with Crippen LogP contribution in [0.2, 0.25) is 5.02 Å². The van der Waals surface area contributed by atoms with Gasteiger partial charge in [-0.3, -0.25) is 4.79 Å². The Balaban J connectivity index is 0.00000264. The van der Waals surface area contributed by atoms with Crippen molar-refractivity contribution in [1.82, 2.24) is 10.2 Å². The number of hydrogen-bond donors (Lipinski definition) is 1. The molecule has 0 saturated carbocycles. The van der Waals surface area contributed by atoms with Gasteiger partial charge in [0.2, 0.25) is 5.91 Å². The van der Waals surface area contributed by atoms with Gasteiger partial charge in [0.1, 0.15) is 5.75 Å². The number of carbonyl (C=O) groups is 1. The molecule has 1 aliphatic heterocycles. The Morgan fingerprint density at radius 1 is 1.43 bits per heavy atom. The van der Waals surface area contributed by atoms with Gasteiger partial charge in [-0.15, -0.1) is 12.4 Å². The lowest BCUT2D eigenvalue weighted by Crippen LogP contribution is -2.40. The van der Waals surface area contributed by atoms with E-state index in [0.29, 0.717) is 29.7 Å². The maximum absolute atomic E-state index is 12.2. The van der Waals surface area contributed by atoms with Crippen LogP contribution >= 0.6 is 39.9 Å². The number of carbonyl (C=O) groups excluding carboxylic acids is 1. The van der Waals surface area contributed by atoms with Crippen LogP contribution in [-0.2, 0) is 4.79 Å². The van der Waals surface area contributed by atoms with Crippen molar-refractivity contribution >= 4 is 45.8 Å². The van der Waals surface area contributed by atoms with E-state index in [1.807, 2.05) is 11.9 Å². The van der Waals surface area contributed by atoms with Gasteiger partial charge in [-0.2, -0.15) is 0 Å². The third kappa shape index (κ3) is 6.49. The van der Waals surface area contributed by atoms with E-state index in [-0.39, 0.29) is 18.3 Å². The summed E-state index contributed by atoms with van der Waals surface area (Å²) in [5, 5.41) is 3.86. The molecule has 2 rings (SSSR count). The van der Waals surface area contributed by atoms with Crippen LogP contribution in [0, 0.1) is 5.92 Å². The first-order valence-electron chi connectivity index (χ1n) is 7.60. The van der Waals surface area contributed by atoms with Crippen molar-refractivity contribution in [3.05, 3.63) is 27.7 Å². The number of nitrogens with one attached hydrogen (secondary N) is 1. The van der Waals surface area contributed by atoms with Gasteiger partial charge in [-0.05, 0) is 66.5 Å². The maximum atomic E-state index is 12.2. The van der Waals surface area contributed by atoms with Gasteiger partial charge in [0.05, 0.1) is 17.5 Å². The second kappa shape index (κ2) is 10.4. The average molecular weight is 426 g/mol. The molecule has 0 spiro atoms. The molecule has 4 nitrogen and oxygen atoms in total. The molecule has 130 valence electrons. The zero-order valence-corrected chi connectivity index (χ0v) is 16.3. The summed E-state index contributed by atoms with van der Waals surface area (Å²) in [5.74, 6) is 1.58. The number of likely N-dealkylation sites (tertiary alicyclic amines) is 1. The van der Waals surface area contributed by atoms with Crippen LogP contribution in [0.5, 0.6) is 5.75 Å². The molecule has 7 heteroatoms. The molecule has 1 aromatic rings. The molecule has 1 saturated heterocycles.